The van der Waals surface area contributed by atoms with Gasteiger partial charge < -0.3 is 35.6 Å². The van der Waals surface area contributed by atoms with Gasteiger partial charge in [0.15, 0.2) is 5.78 Å². The number of hydrogen-bond acceptors (Lipinski definition) is 9. The number of hydrogen-bond donors (Lipinski definition) is 6. The Morgan fingerprint density at radius 3 is 2.41 bits per heavy atom. The fraction of sp³-hybridized carbons (Fsp3) is 0.765. The summed E-state index contributed by atoms with van der Waals surface area (Å²) >= 11 is 1.19. The first-order valence-electron chi connectivity index (χ1n) is 8.72. The van der Waals surface area contributed by atoms with Gasteiger partial charge in [0, 0.05) is 22.2 Å². The fourth-order valence-electron chi connectivity index (χ4n) is 4.31. The van der Waals surface area contributed by atoms with Crippen molar-refractivity contribution in [2.24, 2.45) is 10.8 Å². The summed E-state index contributed by atoms with van der Waals surface area (Å²) in [7, 11) is 0. The van der Waals surface area contributed by atoms with Gasteiger partial charge in [-0.25, -0.2) is 0 Å². The highest BCUT2D eigenvalue weighted by molar-refractivity contribution is 8.03. The molecule has 1 amide bonds. The Bertz CT molecular complexity index is 678. The average Bonchev–Trinajstić information content (AvgIpc) is 2.63. The summed E-state index contributed by atoms with van der Waals surface area (Å²) < 4.78 is 5.71. The van der Waals surface area contributed by atoms with Gasteiger partial charge in [0.05, 0.1) is 30.8 Å². The van der Waals surface area contributed by atoms with Crippen molar-refractivity contribution in [2.75, 3.05) is 19.0 Å². The molecular formula is C17H25NO8S. The third-order valence-electron chi connectivity index (χ3n) is 6.13. The SMILES string of the molecule is CC1(C)C2=C(NC(=O)CS2)C(=O)CC1(CO)[C@@H]1O[C@H](CO)[C@@H](O)[C@H](O)[C@H]1O. The van der Waals surface area contributed by atoms with Crippen LogP contribution in [-0.4, -0.2) is 86.7 Å². The molecule has 10 heteroatoms. The van der Waals surface area contributed by atoms with Gasteiger partial charge in [-0.05, 0) is 0 Å². The number of nitrogens with one attached hydrogen (secondary N) is 1. The number of Topliss-reactive ketones (excluding diaryl/α,β-unsaturated/α-hetero) is 1. The van der Waals surface area contributed by atoms with Crippen LogP contribution in [0.1, 0.15) is 20.3 Å². The van der Waals surface area contributed by atoms with Crippen LogP contribution >= 0.6 is 11.8 Å². The first-order valence-corrected chi connectivity index (χ1v) is 9.71. The number of rotatable bonds is 3. The van der Waals surface area contributed by atoms with Crippen LogP contribution in [0.15, 0.2) is 10.6 Å². The molecule has 6 atom stereocenters. The summed E-state index contributed by atoms with van der Waals surface area (Å²) in [5.74, 6) is -0.575. The molecule has 9 nitrogen and oxygen atoms in total. The van der Waals surface area contributed by atoms with Crippen molar-refractivity contribution in [3.05, 3.63) is 10.6 Å². The molecule has 0 bridgehead atoms. The zero-order valence-corrected chi connectivity index (χ0v) is 15.9. The number of amides is 1. The largest absolute Gasteiger partial charge is 0.396 e. The normalized spacial score (nSPS) is 42.0. The van der Waals surface area contributed by atoms with Crippen LogP contribution in [-0.2, 0) is 14.3 Å². The van der Waals surface area contributed by atoms with Gasteiger partial charge in [-0.2, -0.15) is 0 Å². The molecule has 1 fully saturated rings. The number of thioether (sulfide) groups is 1. The maximum absolute atomic E-state index is 12.8. The topological polar surface area (TPSA) is 157 Å². The lowest BCUT2D eigenvalue weighted by Gasteiger charge is -2.57. The van der Waals surface area contributed by atoms with Gasteiger partial charge in [-0.15, -0.1) is 11.8 Å². The first-order chi connectivity index (χ1) is 12.6. The highest BCUT2D eigenvalue weighted by Crippen LogP contribution is 2.59. The molecule has 27 heavy (non-hydrogen) atoms. The lowest BCUT2D eigenvalue weighted by molar-refractivity contribution is -0.273. The predicted molar refractivity (Wildman–Crippen MR) is 94.3 cm³/mol. The Kier molecular flexibility index (Phi) is 5.45. The van der Waals surface area contributed by atoms with Gasteiger partial charge >= 0.3 is 0 Å². The van der Waals surface area contributed by atoms with Crippen LogP contribution < -0.4 is 5.32 Å². The number of allylic oxidation sites excluding steroid dienone is 2. The van der Waals surface area contributed by atoms with Gasteiger partial charge in [-0.3, -0.25) is 9.59 Å². The predicted octanol–water partition coefficient (Wildman–Crippen LogP) is -2.12. The molecule has 0 aromatic heterocycles. The third-order valence-corrected chi connectivity index (χ3v) is 7.53. The number of carbonyl (C=O) groups is 2. The molecule has 6 N–H and O–H groups in total. The van der Waals surface area contributed by atoms with E-state index in [-0.39, 0.29) is 23.8 Å². The van der Waals surface area contributed by atoms with E-state index in [2.05, 4.69) is 5.32 Å². The van der Waals surface area contributed by atoms with Crippen molar-refractivity contribution in [1.82, 2.24) is 5.32 Å². The average molecular weight is 403 g/mol. The minimum atomic E-state index is -1.61. The van der Waals surface area contributed by atoms with E-state index in [0.717, 1.165) is 0 Å². The molecule has 0 aromatic rings. The quantitative estimate of drug-likeness (QED) is 0.310. The molecule has 2 heterocycles. The van der Waals surface area contributed by atoms with Gasteiger partial charge in [0.1, 0.15) is 24.4 Å². The molecule has 1 unspecified atom stereocenters. The highest BCUT2D eigenvalue weighted by atomic mass is 32.2. The summed E-state index contributed by atoms with van der Waals surface area (Å²) in [5, 5.41) is 53.2. The molecule has 1 aliphatic carbocycles. The minimum absolute atomic E-state index is 0.117. The highest BCUT2D eigenvalue weighted by Gasteiger charge is 2.63. The van der Waals surface area contributed by atoms with E-state index in [1.807, 2.05) is 0 Å². The zero-order valence-electron chi connectivity index (χ0n) is 15.1. The van der Waals surface area contributed by atoms with Gasteiger partial charge in [0.25, 0.3) is 0 Å². The van der Waals surface area contributed by atoms with Gasteiger partial charge in [0.2, 0.25) is 5.91 Å². The van der Waals surface area contributed by atoms with Crippen molar-refractivity contribution in [1.29, 1.82) is 0 Å². The lowest BCUT2D eigenvalue weighted by atomic mass is 9.55. The smallest absolute Gasteiger partial charge is 0.234 e. The molecule has 0 saturated carbocycles. The number of carbonyl (C=O) groups excluding carboxylic acids is 2. The third kappa shape index (κ3) is 2.94. The number of aliphatic hydroxyl groups is 5. The van der Waals surface area contributed by atoms with E-state index in [0.29, 0.717) is 4.91 Å². The lowest BCUT2D eigenvalue weighted by Crippen LogP contribution is -2.68. The van der Waals surface area contributed by atoms with Crippen molar-refractivity contribution < 1.29 is 39.9 Å². The summed E-state index contributed by atoms with van der Waals surface area (Å²) in [6.07, 6.45) is -7.31. The Labute approximate surface area is 160 Å². The Morgan fingerprint density at radius 2 is 1.81 bits per heavy atom. The maximum Gasteiger partial charge on any atom is 0.234 e. The second kappa shape index (κ2) is 7.11. The molecule has 152 valence electrons. The molecule has 3 aliphatic rings. The molecular weight excluding hydrogens is 378 g/mol. The van der Waals surface area contributed by atoms with Crippen molar-refractivity contribution in [3.63, 3.8) is 0 Å². The van der Waals surface area contributed by atoms with Crippen LogP contribution in [0.3, 0.4) is 0 Å². The van der Waals surface area contributed by atoms with Crippen molar-refractivity contribution >= 4 is 23.5 Å². The maximum atomic E-state index is 12.8. The molecule has 0 radical (unpaired) electrons. The van der Waals surface area contributed by atoms with Crippen LogP contribution in [0, 0.1) is 10.8 Å². The van der Waals surface area contributed by atoms with E-state index in [9.17, 15) is 35.1 Å². The standard InChI is InChI=1S/C17H25NO8S/c1-16(2)15-10(18-9(22)5-27-15)7(21)3-17(16,6-20)14-13(25)12(24)11(23)8(4-19)26-14/h8,11-14,19-20,23-25H,3-6H2,1-2H3,(H,18,22)/t8-,11-,12+,13-,14-,17?/m1/s1. The van der Waals surface area contributed by atoms with Crippen LogP contribution in [0.4, 0.5) is 0 Å². The number of ketones is 1. The summed E-state index contributed by atoms with van der Waals surface area (Å²) in [6.45, 7) is 2.41. The number of ether oxygens (including phenoxy) is 1. The minimum Gasteiger partial charge on any atom is -0.396 e. The fourth-order valence-corrected chi connectivity index (χ4v) is 5.53. The van der Waals surface area contributed by atoms with E-state index < -0.39 is 60.3 Å². The Hall–Kier alpha value is -1.01. The Morgan fingerprint density at radius 1 is 1.15 bits per heavy atom. The summed E-state index contributed by atoms with van der Waals surface area (Å²) in [4.78, 5) is 25.1. The molecule has 0 aromatic carbocycles. The van der Waals surface area contributed by atoms with Gasteiger partial charge in [-0.1, -0.05) is 13.8 Å². The second-order valence-electron chi connectivity index (χ2n) is 7.83. The van der Waals surface area contributed by atoms with E-state index >= 15 is 0 Å². The van der Waals surface area contributed by atoms with Crippen molar-refractivity contribution in [3.8, 4) is 0 Å². The Balaban J connectivity index is 2.09. The van der Waals surface area contributed by atoms with E-state index in [1.54, 1.807) is 13.8 Å². The molecule has 2 aliphatic heterocycles. The summed E-state index contributed by atoms with van der Waals surface area (Å²) in [5.41, 5.74) is -2.04. The molecule has 0 spiro atoms. The molecule has 3 rings (SSSR count). The van der Waals surface area contributed by atoms with E-state index in [1.165, 1.54) is 11.8 Å². The van der Waals surface area contributed by atoms with Crippen LogP contribution in [0.5, 0.6) is 0 Å². The molecule has 1 saturated heterocycles. The second-order valence-corrected chi connectivity index (χ2v) is 8.82. The first kappa shape index (κ1) is 20.7. The van der Waals surface area contributed by atoms with Crippen LogP contribution in [0.25, 0.3) is 0 Å². The van der Waals surface area contributed by atoms with E-state index in [4.69, 9.17) is 4.74 Å². The number of aliphatic hydroxyl groups excluding tert-OH is 5. The summed E-state index contributed by atoms with van der Waals surface area (Å²) in [6, 6.07) is 0. The van der Waals surface area contributed by atoms with Crippen molar-refractivity contribution in [2.45, 2.75) is 50.8 Å². The monoisotopic (exact) mass is 403 g/mol. The zero-order chi connectivity index (χ0) is 20.1. The van der Waals surface area contributed by atoms with Crippen LogP contribution in [0.2, 0.25) is 0 Å².